The van der Waals surface area contributed by atoms with E-state index in [1.807, 2.05) is 18.2 Å². The van der Waals surface area contributed by atoms with Gasteiger partial charge in [0.15, 0.2) is 0 Å². The smallest absolute Gasteiger partial charge is 0.220 e. The number of nitrogens with one attached hydrogen (secondary N) is 2. The Morgan fingerprint density at radius 1 is 1.37 bits per heavy atom. The zero-order valence-corrected chi connectivity index (χ0v) is 16.3. The zero-order chi connectivity index (χ0) is 17.8. The average molecular weight is 391 g/mol. The Morgan fingerprint density at radius 3 is 3.19 bits per heavy atom. The molecular formula is C20H27ClN4O2. The second-order valence-corrected chi connectivity index (χ2v) is 7.07. The SMILES string of the molecule is Cl.O=C(CCc1cc2n(n1)CCCNC2)NC[C@H]1CCc2ccccc2O1. The molecule has 2 aliphatic heterocycles. The van der Waals surface area contributed by atoms with E-state index in [4.69, 9.17) is 4.74 Å². The molecule has 0 unspecified atom stereocenters. The fourth-order valence-corrected chi connectivity index (χ4v) is 3.63. The number of nitrogens with zero attached hydrogens (tertiary/aromatic N) is 2. The number of aryl methyl sites for hydroxylation is 3. The topological polar surface area (TPSA) is 68.2 Å². The van der Waals surface area contributed by atoms with Crippen LogP contribution in [-0.2, 0) is 30.7 Å². The minimum absolute atomic E-state index is 0. The fourth-order valence-electron chi connectivity index (χ4n) is 3.63. The molecule has 0 saturated heterocycles. The second kappa shape index (κ2) is 9.24. The lowest BCUT2D eigenvalue weighted by Crippen LogP contribution is -2.37. The molecule has 3 heterocycles. The van der Waals surface area contributed by atoms with Crippen LogP contribution in [0.25, 0.3) is 0 Å². The van der Waals surface area contributed by atoms with Crippen molar-refractivity contribution in [3.8, 4) is 5.75 Å². The highest BCUT2D eigenvalue weighted by molar-refractivity contribution is 5.85. The maximum absolute atomic E-state index is 12.2. The Bertz CT molecular complexity index is 754. The third-order valence-corrected chi connectivity index (χ3v) is 5.08. The van der Waals surface area contributed by atoms with Gasteiger partial charge in [-0.25, -0.2) is 0 Å². The molecule has 0 aliphatic carbocycles. The Labute approximate surface area is 166 Å². The third-order valence-electron chi connectivity index (χ3n) is 5.08. The summed E-state index contributed by atoms with van der Waals surface area (Å²) in [5, 5.41) is 11.0. The van der Waals surface area contributed by atoms with Crippen LogP contribution in [0.2, 0.25) is 0 Å². The largest absolute Gasteiger partial charge is 0.488 e. The Hall–Kier alpha value is -2.05. The molecule has 2 aromatic rings. The van der Waals surface area contributed by atoms with Gasteiger partial charge in [0.05, 0.1) is 17.9 Å². The van der Waals surface area contributed by atoms with Crippen molar-refractivity contribution in [3.05, 3.63) is 47.3 Å². The van der Waals surface area contributed by atoms with Gasteiger partial charge in [-0.15, -0.1) is 12.4 Å². The normalized spacial score (nSPS) is 18.3. The van der Waals surface area contributed by atoms with Crippen LogP contribution < -0.4 is 15.4 Å². The van der Waals surface area contributed by atoms with Gasteiger partial charge in [-0.2, -0.15) is 5.10 Å². The van der Waals surface area contributed by atoms with Crippen LogP contribution in [0.3, 0.4) is 0 Å². The lowest BCUT2D eigenvalue weighted by atomic mass is 10.0. The van der Waals surface area contributed by atoms with E-state index in [0.717, 1.165) is 50.3 Å². The molecule has 0 spiro atoms. The van der Waals surface area contributed by atoms with E-state index in [1.54, 1.807) is 0 Å². The number of ether oxygens (including phenoxy) is 1. The minimum atomic E-state index is 0. The van der Waals surface area contributed by atoms with Crippen molar-refractivity contribution in [2.24, 2.45) is 0 Å². The number of halogens is 1. The number of aromatic nitrogens is 2. The summed E-state index contributed by atoms with van der Waals surface area (Å²) in [6, 6.07) is 10.2. The van der Waals surface area contributed by atoms with Crippen molar-refractivity contribution in [3.63, 3.8) is 0 Å². The minimum Gasteiger partial charge on any atom is -0.488 e. The predicted octanol–water partition coefficient (Wildman–Crippen LogP) is 2.24. The highest BCUT2D eigenvalue weighted by atomic mass is 35.5. The number of carbonyl (C=O) groups excluding carboxylic acids is 1. The van der Waals surface area contributed by atoms with Gasteiger partial charge >= 0.3 is 0 Å². The van der Waals surface area contributed by atoms with Crippen molar-refractivity contribution >= 4 is 18.3 Å². The van der Waals surface area contributed by atoms with E-state index < -0.39 is 0 Å². The van der Waals surface area contributed by atoms with E-state index in [1.165, 1.54) is 11.3 Å². The van der Waals surface area contributed by atoms with Gasteiger partial charge in [0, 0.05) is 25.9 Å². The van der Waals surface area contributed by atoms with E-state index in [2.05, 4.69) is 32.5 Å². The first-order valence-corrected chi connectivity index (χ1v) is 9.55. The molecule has 0 radical (unpaired) electrons. The van der Waals surface area contributed by atoms with Crippen LogP contribution in [0.4, 0.5) is 0 Å². The second-order valence-electron chi connectivity index (χ2n) is 7.07. The molecule has 6 nitrogen and oxygen atoms in total. The number of fused-ring (bicyclic) bond motifs is 2. The molecule has 0 saturated carbocycles. The molecule has 0 fully saturated rings. The Morgan fingerprint density at radius 2 is 2.26 bits per heavy atom. The summed E-state index contributed by atoms with van der Waals surface area (Å²) in [6.07, 6.45) is 4.25. The van der Waals surface area contributed by atoms with Crippen LogP contribution in [0, 0.1) is 0 Å². The summed E-state index contributed by atoms with van der Waals surface area (Å²) in [6.45, 7) is 3.42. The van der Waals surface area contributed by atoms with Crippen molar-refractivity contribution in [2.75, 3.05) is 13.1 Å². The molecule has 2 aliphatic rings. The molecular weight excluding hydrogens is 364 g/mol. The molecule has 1 atom stereocenters. The number of hydrogen-bond donors (Lipinski definition) is 2. The van der Waals surface area contributed by atoms with Crippen LogP contribution in [0.1, 0.15) is 36.2 Å². The summed E-state index contributed by atoms with van der Waals surface area (Å²) in [4.78, 5) is 12.2. The van der Waals surface area contributed by atoms with Gasteiger partial charge in [-0.3, -0.25) is 9.48 Å². The molecule has 1 aromatic heterocycles. The quantitative estimate of drug-likeness (QED) is 0.821. The highest BCUT2D eigenvalue weighted by Gasteiger charge is 2.20. The third kappa shape index (κ3) is 5.02. The molecule has 1 amide bonds. The molecule has 27 heavy (non-hydrogen) atoms. The average Bonchev–Trinajstić information content (AvgIpc) is 2.93. The number of para-hydroxylation sites is 1. The summed E-state index contributed by atoms with van der Waals surface area (Å²) in [5.74, 6) is 1.01. The van der Waals surface area contributed by atoms with E-state index in [0.29, 0.717) is 19.4 Å². The van der Waals surface area contributed by atoms with Gasteiger partial charge in [0.1, 0.15) is 11.9 Å². The lowest BCUT2D eigenvalue weighted by molar-refractivity contribution is -0.121. The van der Waals surface area contributed by atoms with Crippen LogP contribution in [-0.4, -0.2) is 34.9 Å². The standard InChI is InChI=1S/C20H26N4O2.ClH/c25-20(9-7-16-12-17-13-21-10-3-11-24(17)23-16)22-14-18-8-6-15-4-1-2-5-19(15)26-18;/h1-2,4-5,12,18,21H,3,6-11,13-14H2,(H,22,25);1H/t18-;/m1./s1. The lowest BCUT2D eigenvalue weighted by Gasteiger charge is -2.26. The zero-order valence-electron chi connectivity index (χ0n) is 15.4. The van der Waals surface area contributed by atoms with Gasteiger partial charge in [0.25, 0.3) is 0 Å². The van der Waals surface area contributed by atoms with Crippen molar-refractivity contribution in [1.82, 2.24) is 20.4 Å². The van der Waals surface area contributed by atoms with Crippen LogP contribution >= 0.6 is 12.4 Å². The molecule has 146 valence electrons. The van der Waals surface area contributed by atoms with Crippen LogP contribution in [0.5, 0.6) is 5.75 Å². The number of carbonyl (C=O) groups is 1. The molecule has 1 aromatic carbocycles. The molecule has 0 bridgehead atoms. The Kier molecular flexibility index (Phi) is 6.74. The summed E-state index contributed by atoms with van der Waals surface area (Å²) >= 11 is 0. The Balaban J connectivity index is 0.00000210. The molecule has 2 N–H and O–H groups in total. The van der Waals surface area contributed by atoms with Crippen molar-refractivity contribution < 1.29 is 9.53 Å². The maximum atomic E-state index is 12.2. The summed E-state index contributed by atoms with van der Waals surface area (Å²) in [7, 11) is 0. The number of benzene rings is 1. The monoisotopic (exact) mass is 390 g/mol. The first-order valence-electron chi connectivity index (χ1n) is 9.55. The number of hydrogen-bond acceptors (Lipinski definition) is 4. The predicted molar refractivity (Wildman–Crippen MR) is 106 cm³/mol. The first kappa shape index (κ1) is 19.7. The van der Waals surface area contributed by atoms with Crippen LogP contribution in [0.15, 0.2) is 30.3 Å². The van der Waals surface area contributed by atoms with E-state index in [9.17, 15) is 4.79 Å². The van der Waals surface area contributed by atoms with Gasteiger partial charge < -0.3 is 15.4 Å². The van der Waals surface area contributed by atoms with E-state index in [-0.39, 0.29) is 24.4 Å². The fraction of sp³-hybridized carbons (Fsp3) is 0.500. The van der Waals surface area contributed by atoms with Crippen molar-refractivity contribution in [1.29, 1.82) is 0 Å². The van der Waals surface area contributed by atoms with Gasteiger partial charge in [0.2, 0.25) is 5.91 Å². The maximum Gasteiger partial charge on any atom is 0.220 e. The summed E-state index contributed by atoms with van der Waals surface area (Å²) in [5.41, 5.74) is 3.47. The van der Waals surface area contributed by atoms with Gasteiger partial charge in [-0.05, 0) is 43.5 Å². The number of rotatable bonds is 5. The van der Waals surface area contributed by atoms with Crippen molar-refractivity contribution in [2.45, 2.75) is 51.3 Å². The molecule has 4 rings (SSSR count). The number of amides is 1. The molecule has 7 heteroatoms. The van der Waals surface area contributed by atoms with E-state index >= 15 is 0 Å². The van der Waals surface area contributed by atoms with Gasteiger partial charge in [-0.1, -0.05) is 18.2 Å². The highest BCUT2D eigenvalue weighted by Crippen LogP contribution is 2.26. The summed E-state index contributed by atoms with van der Waals surface area (Å²) < 4.78 is 8.04. The first-order chi connectivity index (χ1) is 12.8.